The molecule has 1 fully saturated rings. The second kappa shape index (κ2) is 7.26. The summed E-state index contributed by atoms with van der Waals surface area (Å²) < 4.78 is 4.54. The van der Waals surface area contributed by atoms with E-state index >= 15 is 0 Å². The maximum absolute atomic E-state index is 12.7. The number of benzene rings is 1. The zero-order chi connectivity index (χ0) is 17.9. The summed E-state index contributed by atoms with van der Waals surface area (Å²) in [5, 5.41) is 13.5. The van der Waals surface area contributed by atoms with Crippen molar-refractivity contribution in [3.63, 3.8) is 0 Å². The number of amides is 2. The van der Waals surface area contributed by atoms with Crippen molar-refractivity contribution in [3.8, 4) is 0 Å². The van der Waals surface area contributed by atoms with Crippen molar-refractivity contribution in [2.24, 2.45) is 0 Å². The van der Waals surface area contributed by atoms with E-state index in [0.717, 1.165) is 6.07 Å². The van der Waals surface area contributed by atoms with Gasteiger partial charge in [0.1, 0.15) is 6.04 Å². The van der Waals surface area contributed by atoms with E-state index in [4.69, 9.17) is 11.6 Å². The molecule has 1 N–H and O–H groups in total. The Morgan fingerprint density at radius 2 is 2.21 bits per heavy atom. The van der Waals surface area contributed by atoms with E-state index in [9.17, 15) is 24.5 Å². The number of nitro benzene ring substituents is 1. The Kier molecular flexibility index (Phi) is 5.35. The molecule has 0 aromatic heterocycles. The number of nitrogens with one attached hydrogen (secondary N) is 1. The molecule has 1 atom stereocenters. The highest BCUT2D eigenvalue weighted by atomic mass is 35.5. The molecule has 0 bridgehead atoms. The third kappa shape index (κ3) is 3.62. The molecular weight excluding hydrogens is 342 g/mol. The minimum Gasteiger partial charge on any atom is -0.469 e. The van der Waals surface area contributed by atoms with Crippen molar-refractivity contribution < 1.29 is 24.0 Å². The molecule has 9 nitrogen and oxygen atoms in total. The topological polar surface area (TPSA) is 119 Å². The van der Waals surface area contributed by atoms with Crippen LogP contribution in [-0.2, 0) is 14.3 Å². The second-order valence-electron chi connectivity index (χ2n) is 5.01. The smallest absolute Gasteiger partial charge is 0.308 e. The molecule has 1 saturated heterocycles. The summed E-state index contributed by atoms with van der Waals surface area (Å²) >= 11 is 5.97. The van der Waals surface area contributed by atoms with Crippen LogP contribution in [0.4, 0.5) is 5.69 Å². The summed E-state index contributed by atoms with van der Waals surface area (Å²) in [6.45, 7) is 0.347. The van der Waals surface area contributed by atoms with Crippen LogP contribution in [0.15, 0.2) is 18.2 Å². The molecule has 0 aliphatic carbocycles. The molecule has 24 heavy (non-hydrogen) atoms. The number of ether oxygens (including phenoxy) is 1. The van der Waals surface area contributed by atoms with E-state index in [-0.39, 0.29) is 35.8 Å². The van der Waals surface area contributed by atoms with Crippen molar-refractivity contribution >= 4 is 35.1 Å². The molecule has 0 unspecified atom stereocenters. The molecule has 10 heteroatoms. The summed E-state index contributed by atoms with van der Waals surface area (Å²) in [5.74, 6) is -1.81. The number of rotatable bonds is 4. The average molecular weight is 356 g/mol. The lowest BCUT2D eigenvalue weighted by Crippen LogP contribution is -2.57. The van der Waals surface area contributed by atoms with Gasteiger partial charge in [-0.2, -0.15) is 0 Å². The van der Waals surface area contributed by atoms with Gasteiger partial charge in [-0.1, -0.05) is 11.6 Å². The van der Waals surface area contributed by atoms with Crippen molar-refractivity contribution in [3.05, 3.63) is 38.9 Å². The monoisotopic (exact) mass is 355 g/mol. The van der Waals surface area contributed by atoms with Crippen LogP contribution in [-0.4, -0.2) is 53.8 Å². The lowest BCUT2D eigenvalue weighted by molar-refractivity contribution is -0.384. The predicted molar refractivity (Wildman–Crippen MR) is 82.6 cm³/mol. The zero-order valence-corrected chi connectivity index (χ0v) is 13.4. The van der Waals surface area contributed by atoms with Gasteiger partial charge >= 0.3 is 5.97 Å². The van der Waals surface area contributed by atoms with E-state index in [1.165, 1.54) is 24.1 Å². The van der Waals surface area contributed by atoms with E-state index in [1.807, 2.05) is 0 Å². The van der Waals surface area contributed by atoms with E-state index < -0.39 is 28.7 Å². The summed E-state index contributed by atoms with van der Waals surface area (Å²) in [7, 11) is 1.17. The molecule has 128 valence electrons. The van der Waals surface area contributed by atoms with Gasteiger partial charge in [0, 0.05) is 25.2 Å². The Labute approximate surface area is 141 Å². The van der Waals surface area contributed by atoms with Crippen molar-refractivity contribution in [1.29, 1.82) is 0 Å². The molecule has 1 aromatic carbocycles. The summed E-state index contributed by atoms with van der Waals surface area (Å²) in [4.78, 5) is 47.6. The fourth-order valence-corrected chi connectivity index (χ4v) is 2.55. The Morgan fingerprint density at radius 3 is 2.83 bits per heavy atom. The number of esters is 1. The minimum atomic E-state index is -1.06. The van der Waals surface area contributed by atoms with Crippen molar-refractivity contribution in [1.82, 2.24) is 10.2 Å². The Bertz CT molecular complexity index is 708. The summed E-state index contributed by atoms with van der Waals surface area (Å²) in [5.41, 5.74) is -0.399. The first-order valence-corrected chi connectivity index (χ1v) is 7.32. The van der Waals surface area contributed by atoms with Crippen LogP contribution in [0.5, 0.6) is 0 Å². The van der Waals surface area contributed by atoms with Gasteiger partial charge in [-0.05, 0) is 6.07 Å². The quantitative estimate of drug-likeness (QED) is 0.483. The highest BCUT2D eigenvalue weighted by molar-refractivity contribution is 6.34. The highest BCUT2D eigenvalue weighted by Crippen LogP contribution is 2.25. The molecule has 0 spiro atoms. The average Bonchev–Trinajstić information content (AvgIpc) is 2.56. The van der Waals surface area contributed by atoms with Gasteiger partial charge < -0.3 is 15.0 Å². The number of carbonyl (C=O) groups excluding carboxylic acids is 3. The normalized spacial score (nSPS) is 17.2. The third-order valence-corrected chi connectivity index (χ3v) is 3.90. The predicted octanol–water partition coefficient (Wildman–Crippen LogP) is 0.752. The van der Waals surface area contributed by atoms with Crippen LogP contribution in [0.2, 0.25) is 5.02 Å². The maximum Gasteiger partial charge on any atom is 0.308 e. The minimum absolute atomic E-state index is 0.0217. The first-order valence-electron chi connectivity index (χ1n) is 6.94. The number of non-ortho nitro benzene ring substituents is 1. The van der Waals surface area contributed by atoms with Gasteiger partial charge in [-0.3, -0.25) is 24.5 Å². The number of piperazine rings is 1. The number of hydrogen-bond donors (Lipinski definition) is 1. The maximum atomic E-state index is 12.7. The lowest BCUT2D eigenvalue weighted by Gasteiger charge is -2.34. The van der Waals surface area contributed by atoms with Gasteiger partial charge in [0.2, 0.25) is 5.91 Å². The van der Waals surface area contributed by atoms with Crippen molar-refractivity contribution in [2.45, 2.75) is 12.5 Å². The molecule has 0 saturated carbocycles. The molecule has 1 aliphatic rings. The Morgan fingerprint density at radius 1 is 1.50 bits per heavy atom. The number of nitro groups is 1. The van der Waals surface area contributed by atoms with Gasteiger partial charge in [-0.25, -0.2) is 0 Å². The van der Waals surface area contributed by atoms with Crippen LogP contribution in [0.25, 0.3) is 0 Å². The molecule has 0 radical (unpaired) electrons. The summed E-state index contributed by atoms with van der Waals surface area (Å²) in [6.07, 6.45) is -0.319. The molecule has 2 amide bonds. The Balaban J connectivity index is 2.35. The first kappa shape index (κ1) is 17.7. The summed E-state index contributed by atoms with van der Waals surface area (Å²) in [6, 6.07) is 2.40. The highest BCUT2D eigenvalue weighted by Gasteiger charge is 2.36. The first-order chi connectivity index (χ1) is 11.3. The standard InChI is InChI=1S/C14H14ClN3O6/c1-24-12(19)7-11-13(20)16-4-5-17(11)14(21)9-6-8(18(22)23)2-3-10(9)15/h2-3,6,11H,4-5,7H2,1H3,(H,16,20)/t11-/m0/s1. The molecule has 2 rings (SSSR count). The lowest BCUT2D eigenvalue weighted by atomic mass is 10.1. The van der Waals surface area contributed by atoms with Gasteiger partial charge in [0.15, 0.2) is 0 Å². The number of halogens is 1. The Hall–Kier alpha value is -2.68. The molecular formula is C14H14ClN3O6. The largest absolute Gasteiger partial charge is 0.469 e. The van der Waals surface area contributed by atoms with Gasteiger partial charge in [0.25, 0.3) is 11.6 Å². The van der Waals surface area contributed by atoms with E-state index in [0.29, 0.717) is 0 Å². The van der Waals surface area contributed by atoms with E-state index in [2.05, 4.69) is 10.1 Å². The number of methoxy groups -OCH3 is 1. The van der Waals surface area contributed by atoms with Crippen LogP contribution in [0.1, 0.15) is 16.8 Å². The van der Waals surface area contributed by atoms with Crippen LogP contribution < -0.4 is 5.32 Å². The van der Waals surface area contributed by atoms with Crippen molar-refractivity contribution in [2.75, 3.05) is 20.2 Å². The van der Waals surface area contributed by atoms with E-state index in [1.54, 1.807) is 0 Å². The van der Waals surface area contributed by atoms with Gasteiger partial charge in [0.05, 0.1) is 29.0 Å². The van der Waals surface area contributed by atoms with Crippen LogP contribution >= 0.6 is 11.6 Å². The SMILES string of the molecule is COC(=O)C[C@H]1C(=O)NCCN1C(=O)c1cc([N+](=O)[O-])ccc1Cl. The zero-order valence-electron chi connectivity index (χ0n) is 12.7. The third-order valence-electron chi connectivity index (χ3n) is 3.57. The molecule has 1 aromatic rings. The fourth-order valence-electron chi connectivity index (χ4n) is 2.35. The number of carbonyl (C=O) groups is 3. The molecule has 1 heterocycles. The van der Waals surface area contributed by atoms with Gasteiger partial charge in [-0.15, -0.1) is 0 Å². The van der Waals surface area contributed by atoms with Crippen LogP contribution in [0, 0.1) is 10.1 Å². The fraction of sp³-hybridized carbons (Fsp3) is 0.357. The molecule has 1 aliphatic heterocycles. The number of nitrogens with zero attached hydrogens (tertiary/aromatic N) is 2. The van der Waals surface area contributed by atoms with Crippen LogP contribution in [0.3, 0.4) is 0 Å². The number of hydrogen-bond acceptors (Lipinski definition) is 6. The second-order valence-corrected chi connectivity index (χ2v) is 5.41.